The molecule has 1 aliphatic rings. The van der Waals surface area contributed by atoms with Crippen molar-refractivity contribution >= 4 is 0 Å². The van der Waals surface area contributed by atoms with Crippen LogP contribution in [0.15, 0.2) is 24.4 Å². The standard InChI is InChI=1S/C8H13N/c1-3-7-5-6-8(4-2)9-7/h3,5,8-9H,1,4,6H2,2H3. The van der Waals surface area contributed by atoms with E-state index in [-0.39, 0.29) is 0 Å². The van der Waals surface area contributed by atoms with Crippen LogP contribution in [0.5, 0.6) is 0 Å². The van der Waals surface area contributed by atoms with Gasteiger partial charge in [-0.1, -0.05) is 19.6 Å². The molecule has 1 rings (SSSR count). The number of allylic oxidation sites excluding steroid dienone is 1. The first-order chi connectivity index (χ1) is 4.36. The van der Waals surface area contributed by atoms with Crippen molar-refractivity contribution in [3.05, 3.63) is 24.4 Å². The highest BCUT2D eigenvalue weighted by Crippen LogP contribution is 2.11. The summed E-state index contributed by atoms with van der Waals surface area (Å²) in [7, 11) is 0. The fourth-order valence-electron chi connectivity index (χ4n) is 1.03. The number of rotatable bonds is 2. The summed E-state index contributed by atoms with van der Waals surface area (Å²) in [6.45, 7) is 5.87. The monoisotopic (exact) mass is 123 g/mol. The van der Waals surface area contributed by atoms with Gasteiger partial charge in [0, 0.05) is 11.7 Å². The van der Waals surface area contributed by atoms with Crippen molar-refractivity contribution in [1.82, 2.24) is 5.32 Å². The lowest BCUT2D eigenvalue weighted by molar-refractivity contribution is 0.598. The molecule has 0 aromatic rings. The molecular weight excluding hydrogens is 110 g/mol. The van der Waals surface area contributed by atoms with E-state index < -0.39 is 0 Å². The molecule has 0 aliphatic carbocycles. The van der Waals surface area contributed by atoms with Crippen LogP contribution in [0.25, 0.3) is 0 Å². The van der Waals surface area contributed by atoms with Crippen molar-refractivity contribution in [3.8, 4) is 0 Å². The molecule has 50 valence electrons. The van der Waals surface area contributed by atoms with E-state index in [1.807, 2.05) is 6.08 Å². The van der Waals surface area contributed by atoms with Crippen molar-refractivity contribution in [2.24, 2.45) is 0 Å². The lowest BCUT2D eigenvalue weighted by Gasteiger charge is -2.07. The molecule has 1 unspecified atom stereocenters. The lowest BCUT2D eigenvalue weighted by atomic mass is 10.2. The van der Waals surface area contributed by atoms with Gasteiger partial charge in [0.05, 0.1) is 0 Å². The number of nitrogens with one attached hydrogen (secondary N) is 1. The van der Waals surface area contributed by atoms with Gasteiger partial charge < -0.3 is 5.32 Å². The van der Waals surface area contributed by atoms with Crippen LogP contribution in [0.1, 0.15) is 19.8 Å². The third-order valence-electron chi connectivity index (χ3n) is 1.71. The third-order valence-corrected chi connectivity index (χ3v) is 1.71. The molecule has 9 heavy (non-hydrogen) atoms. The smallest absolute Gasteiger partial charge is 0.0296 e. The van der Waals surface area contributed by atoms with Gasteiger partial charge in [0.15, 0.2) is 0 Å². The summed E-state index contributed by atoms with van der Waals surface area (Å²) in [5.41, 5.74) is 1.20. The molecule has 1 N–H and O–H groups in total. The summed E-state index contributed by atoms with van der Waals surface area (Å²) in [5.74, 6) is 0. The second-order valence-corrected chi connectivity index (χ2v) is 2.35. The molecule has 0 amide bonds. The fraction of sp³-hybridized carbons (Fsp3) is 0.500. The van der Waals surface area contributed by atoms with Crippen LogP contribution in [0.2, 0.25) is 0 Å². The minimum Gasteiger partial charge on any atom is -0.382 e. The van der Waals surface area contributed by atoms with E-state index in [1.54, 1.807) is 0 Å². The number of hydrogen-bond acceptors (Lipinski definition) is 1. The largest absolute Gasteiger partial charge is 0.382 e. The Morgan fingerprint density at radius 1 is 2.00 bits per heavy atom. The maximum atomic E-state index is 3.68. The highest BCUT2D eigenvalue weighted by molar-refractivity contribution is 5.19. The van der Waals surface area contributed by atoms with E-state index >= 15 is 0 Å². The predicted molar refractivity (Wildman–Crippen MR) is 40.1 cm³/mol. The molecule has 0 saturated heterocycles. The van der Waals surface area contributed by atoms with Crippen LogP contribution in [0.3, 0.4) is 0 Å². The molecule has 1 aliphatic heterocycles. The SMILES string of the molecule is C=CC1=CCC(CC)N1. The first kappa shape index (κ1) is 6.40. The number of hydrogen-bond donors (Lipinski definition) is 1. The first-order valence-corrected chi connectivity index (χ1v) is 3.46. The van der Waals surface area contributed by atoms with Crippen LogP contribution < -0.4 is 5.32 Å². The summed E-state index contributed by atoms with van der Waals surface area (Å²) >= 11 is 0. The van der Waals surface area contributed by atoms with Gasteiger partial charge in [0.25, 0.3) is 0 Å². The summed E-state index contributed by atoms with van der Waals surface area (Å²) in [4.78, 5) is 0. The van der Waals surface area contributed by atoms with Crippen LogP contribution in [-0.2, 0) is 0 Å². The molecule has 0 fully saturated rings. The minimum atomic E-state index is 0.665. The summed E-state index contributed by atoms with van der Waals surface area (Å²) < 4.78 is 0. The Hall–Kier alpha value is -0.720. The molecule has 1 atom stereocenters. The molecule has 1 heterocycles. The molecular formula is C8H13N. The van der Waals surface area contributed by atoms with E-state index in [4.69, 9.17) is 0 Å². The van der Waals surface area contributed by atoms with Crippen LogP contribution >= 0.6 is 0 Å². The average Bonchev–Trinajstić information content (AvgIpc) is 2.34. The van der Waals surface area contributed by atoms with Gasteiger partial charge >= 0.3 is 0 Å². The molecule has 0 aromatic heterocycles. The molecule has 1 heteroatoms. The van der Waals surface area contributed by atoms with Gasteiger partial charge in [-0.25, -0.2) is 0 Å². The fourth-order valence-corrected chi connectivity index (χ4v) is 1.03. The van der Waals surface area contributed by atoms with Crippen LogP contribution in [-0.4, -0.2) is 6.04 Å². The second kappa shape index (κ2) is 2.72. The van der Waals surface area contributed by atoms with Crippen molar-refractivity contribution in [2.45, 2.75) is 25.8 Å². The Balaban J connectivity index is 2.39. The maximum absolute atomic E-state index is 3.68. The Morgan fingerprint density at radius 2 is 2.78 bits per heavy atom. The normalized spacial score (nSPS) is 25.0. The van der Waals surface area contributed by atoms with Gasteiger partial charge in [-0.15, -0.1) is 0 Å². The highest BCUT2D eigenvalue weighted by atomic mass is 14.9. The average molecular weight is 123 g/mol. The lowest BCUT2D eigenvalue weighted by Crippen LogP contribution is -2.20. The Morgan fingerprint density at radius 3 is 3.11 bits per heavy atom. The van der Waals surface area contributed by atoms with E-state index in [9.17, 15) is 0 Å². The molecule has 0 aromatic carbocycles. The molecule has 0 bridgehead atoms. The van der Waals surface area contributed by atoms with Crippen molar-refractivity contribution in [2.75, 3.05) is 0 Å². The topological polar surface area (TPSA) is 12.0 Å². The Kier molecular flexibility index (Phi) is 1.93. The minimum absolute atomic E-state index is 0.665. The summed E-state index contributed by atoms with van der Waals surface area (Å²) in [6.07, 6.45) is 6.43. The van der Waals surface area contributed by atoms with Crippen LogP contribution in [0.4, 0.5) is 0 Å². The zero-order chi connectivity index (χ0) is 6.69. The van der Waals surface area contributed by atoms with Gasteiger partial charge in [0.1, 0.15) is 0 Å². The van der Waals surface area contributed by atoms with Gasteiger partial charge in [-0.05, 0) is 18.9 Å². The van der Waals surface area contributed by atoms with Crippen molar-refractivity contribution in [1.29, 1.82) is 0 Å². The zero-order valence-electron chi connectivity index (χ0n) is 5.85. The first-order valence-electron chi connectivity index (χ1n) is 3.46. The maximum Gasteiger partial charge on any atom is 0.0296 e. The van der Waals surface area contributed by atoms with E-state index in [0.717, 1.165) is 6.42 Å². The second-order valence-electron chi connectivity index (χ2n) is 2.35. The molecule has 0 radical (unpaired) electrons. The quantitative estimate of drug-likeness (QED) is 0.590. The Bertz CT molecular complexity index is 136. The molecule has 1 nitrogen and oxygen atoms in total. The van der Waals surface area contributed by atoms with Crippen molar-refractivity contribution < 1.29 is 0 Å². The molecule has 0 saturated carbocycles. The van der Waals surface area contributed by atoms with E-state index in [1.165, 1.54) is 12.1 Å². The van der Waals surface area contributed by atoms with Crippen molar-refractivity contribution in [3.63, 3.8) is 0 Å². The molecule has 0 spiro atoms. The van der Waals surface area contributed by atoms with Gasteiger partial charge in [-0.2, -0.15) is 0 Å². The van der Waals surface area contributed by atoms with E-state index in [2.05, 4.69) is 24.9 Å². The van der Waals surface area contributed by atoms with Crippen LogP contribution in [0, 0.1) is 0 Å². The predicted octanol–water partition coefficient (Wildman–Crippen LogP) is 1.83. The van der Waals surface area contributed by atoms with Gasteiger partial charge in [0.2, 0.25) is 0 Å². The summed E-state index contributed by atoms with van der Waals surface area (Å²) in [6, 6.07) is 0.665. The van der Waals surface area contributed by atoms with E-state index in [0.29, 0.717) is 6.04 Å². The highest BCUT2D eigenvalue weighted by Gasteiger charge is 2.09. The Labute approximate surface area is 56.5 Å². The third kappa shape index (κ3) is 1.35. The zero-order valence-corrected chi connectivity index (χ0v) is 5.85. The van der Waals surface area contributed by atoms with Gasteiger partial charge in [-0.3, -0.25) is 0 Å². The summed E-state index contributed by atoms with van der Waals surface area (Å²) in [5, 5.41) is 3.33.